The van der Waals surface area contributed by atoms with Gasteiger partial charge in [-0.25, -0.2) is 4.98 Å². The number of aryl methyl sites for hydroxylation is 1. The van der Waals surface area contributed by atoms with Gasteiger partial charge in [-0.2, -0.15) is 0 Å². The molecule has 0 unspecified atom stereocenters. The molecule has 0 radical (unpaired) electrons. The Morgan fingerprint density at radius 2 is 2.32 bits per heavy atom. The maximum atomic E-state index is 12.2. The summed E-state index contributed by atoms with van der Waals surface area (Å²) in [5, 5.41) is 3.02. The maximum Gasteiger partial charge on any atom is 0.287 e. The second kappa shape index (κ2) is 7.87. The van der Waals surface area contributed by atoms with Gasteiger partial charge in [0.05, 0.1) is 12.8 Å². The van der Waals surface area contributed by atoms with Crippen molar-refractivity contribution in [2.75, 3.05) is 19.6 Å². The molecule has 6 heteroatoms. The molecule has 1 saturated heterocycles. The molecule has 0 bridgehead atoms. The molecular formula is C19H28N4O2. The van der Waals surface area contributed by atoms with Crippen molar-refractivity contribution in [2.45, 2.75) is 46.2 Å². The highest BCUT2D eigenvalue weighted by molar-refractivity contribution is 5.92. The summed E-state index contributed by atoms with van der Waals surface area (Å²) in [5.74, 6) is 1.89. The molecule has 0 saturated carbocycles. The molecule has 1 amide bonds. The Kier molecular flexibility index (Phi) is 5.58. The highest BCUT2D eigenvalue weighted by Gasteiger charge is 2.23. The first-order chi connectivity index (χ1) is 12.0. The molecular weight excluding hydrogens is 316 g/mol. The van der Waals surface area contributed by atoms with Gasteiger partial charge in [0.1, 0.15) is 5.82 Å². The molecule has 2 aromatic rings. The van der Waals surface area contributed by atoms with E-state index in [-0.39, 0.29) is 5.91 Å². The lowest BCUT2D eigenvalue weighted by Crippen LogP contribution is -2.41. The van der Waals surface area contributed by atoms with E-state index in [4.69, 9.17) is 4.42 Å². The Bertz CT molecular complexity index is 704. The Morgan fingerprint density at radius 1 is 1.48 bits per heavy atom. The van der Waals surface area contributed by atoms with Crippen LogP contribution in [0, 0.1) is 12.8 Å². The van der Waals surface area contributed by atoms with Gasteiger partial charge in [-0.15, -0.1) is 0 Å². The second-order valence-electron chi connectivity index (χ2n) is 7.23. The number of nitrogens with one attached hydrogen (secondary N) is 1. The SMILES string of the molecule is Cc1ccoc1C(=O)NC[C@H]1CCCN(Cc2nccn2C(C)C)C1. The van der Waals surface area contributed by atoms with Crippen LogP contribution < -0.4 is 5.32 Å². The van der Waals surface area contributed by atoms with Crippen molar-refractivity contribution < 1.29 is 9.21 Å². The lowest BCUT2D eigenvalue weighted by atomic mass is 9.98. The summed E-state index contributed by atoms with van der Waals surface area (Å²) in [4.78, 5) is 19.2. The van der Waals surface area contributed by atoms with Crippen LogP contribution in [0.3, 0.4) is 0 Å². The largest absolute Gasteiger partial charge is 0.459 e. The van der Waals surface area contributed by atoms with E-state index < -0.39 is 0 Å². The molecule has 1 aliphatic rings. The second-order valence-corrected chi connectivity index (χ2v) is 7.23. The number of carbonyl (C=O) groups is 1. The Balaban J connectivity index is 1.52. The fourth-order valence-corrected chi connectivity index (χ4v) is 3.52. The number of hydrogen-bond donors (Lipinski definition) is 1. The minimum Gasteiger partial charge on any atom is -0.459 e. The Labute approximate surface area is 149 Å². The van der Waals surface area contributed by atoms with Gasteiger partial charge in [-0.3, -0.25) is 9.69 Å². The topological polar surface area (TPSA) is 63.3 Å². The zero-order chi connectivity index (χ0) is 17.8. The number of rotatable bonds is 6. The summed E-state index contributed by atoms with van der Waals surface area (Å²) in [7, 11) is 0. The summed E-state index contributed by atoms with van der Waals surface area (Å²) in [6.07, 6.45) is 7.79. The van der Waals surface area contributed by atoms with Crippen LogP contribution in [-0.2, 0) is 6.54 Å². The maximum absolute atomic E-state index is 12.2. The first-order valence-electron chi connectivity index (χ1n) is 9.11. The molecule has 3 heterocycles. The zero-order valence-electron chi connectivity index (χ0n) is 15.4. The molecule has 1 aliphatic heterocycles. The molecule has 0 aliphatic carbocycles. The smallest absolute Gasteiger partial charge is 0.287 e. The van der Waals surface area contributed by atoms with E-state index in [0.29, 0.717) is 24.3 Å². The van der Waals surface area contributed by atoms with Crippen LogP contribution >= 0.6 is 0 Å². The van der Waals surface area contributed by atoms with E-state index in [1.54, 1.807) is 6.26 Å². The first-order valence-corrected chi connectivity index (χ1v) is 9.11. The molecule has 2 aromatic heterocycles. The number of hydrogen-bond acceptors (Lipinski definition) is 4. The predicted octanol–water partition coefficient (Wildman–Crippen LogP) is 3.01. The minimum atomic E-state index is -0.116. The molecule has 1 N–H and O–H groups in total. The average Bonchev–Trinajstić information content (AvgIpc) is 3.22. The van der Waals surface area contributed by atoms with E-state index >= 15 is 0 Å². The lowest BCUT2D eigenvalue weighted by molar-refractivity contribution is 0.0901. The van der Waals surface area contributed by atoms with Crippen molar-refractivity contribution in [1.29, 1.82) is 0 Å². The number of likely N-dealkylation sites (tertiary alicyclic amines) is 1. The van der Waals surface area contributed by atoms with Gasteiger partial charge < -0.3 is 14.3 Å². The summed E-state index contributed by atoms with van der Waals surface area (Å²) in [6.45, 7) is 9.88. The number of amides is 1. The van der Waals surface area contributed by atoms with Crippen LogP contribution in [0.5, 0.6) is 0 Å². The fraction of sp³-hybridized carbons (Fsp3) is 0.579. The van der Waals surface area contributed by atoms with Crippen LogP contribution in [0.4, 0.5) is 0 Å². The summed E-state index contributed by atoms with van der Waals surface area (Å²) in [5.41, 5.74) is 0.878. The average molecular weight is 344 g/mol. The van der Waals surface area contributed by atoms with E-state index in [1.807, 2.05) is 25.4 Å². The number of aromatic nitrogens is 2. The van der Waals surface area contributed by atoms with Crippen molar-refractivity contribution in [3.05, 3.63) is 41.9 Å². The third-order valence-corrected chi connectivity index (χ3v) is 4.89. The molecule has 0 spiro atoms. The summed E-state index contributed by atoms with van der Waals surface area (Å²) >= 11 is 0. The molecule has 25 heavy (non-hydrogen) atoms. The van der Waals surface area contributed by atoms with Gasteiger partial charge in [0.15, 0.2) is 5.76 Å². The third-order valence-electron chi connectivity index (χ3n) is 4.89. The Hall–Kier alpha value is -2.08. The zero-order valence-corrected chi connectivity index (χ0v) is 15.4. The third kappa shape index (κ3) is 4.31. The van der Waals surface area contributed by atoms with Crippen LogP contribution in [0.25, 0.3) is 0 Å². The Morgan fingerprint density at radius 3 is 3.04 bits per heavy atom. The van der Waals surface area contributed by atoms with Crippen molar-refractivity contribution in [3.63, 3.8) is 0 Å². The lowest BCUT2D eigenvalue weighted by Gasteiger charge is -2.32. The molecule has 6 nitrogen and oxygen atoms in total. The normalized spacial score (nSPS) is 18.6. The fourth-order valence-electron chi connectivity index (χ4n) is 3.52. The molecule has 1 fully saturated rings. The molecule has 136 valence electrons. The quantitative estimate of drug-likeness (QED) is 0.875. The van der Waals surface area contributed by atoms with Crippen LogP contribution in [0.15, 0.2) is 29.1 Å². The van der Waals surface area contributed by atoms with Gasteiger partial charge in [0, 0.05) is 37.1 Å². The van der Waals surface area contributed by atoms with E-state index in [9.17, 15) is 4.79 Å². The van der Waals surface area contributed by atoms with Crippen molar-refractivity contribution in [1.82, 2.24) is 19.8 Å². The van der Waals surface area contributed by atoms with Gasteiger partial charge in [-0.1, -0.05) is 0 Å². The van der Waals surface area contributed by atoms with Crippen molar-refractivity contribution in [2.24, 2.45) is 5.92 Å². The van der Waals surface area contributed by atoms with E-state index in [2.05, 4.69) is 33.6 Å². The standard InChI is InChI=1S/C19H28N4O2/c1-14(2)23-9-7-20-17(23)13-22-8-4-5-16(12-22)11-21-19(24)18-15(3)6-10-25-18/h6-7,9-10,14,16H,4-5,8,11-13H2,1-3H3,(H,21,24)/t16-/m1/s1. The summed E-state index contributed by atoms with van der Waals surface area (Å²) in [6, 6.07) is 2.24. The number of piperidine rings is 1. The highest BCUT2D eigenvalue weighted by atomic mass is 16.3. The van der Waals surface area contributed by atoms with Gasteiger partial charge in [0.25, 0.3) is 5.91 Å². The van der Waals surface area contributed by atoms with Gasteiger partial charge in [0.2, 0.25) is 0 Å². The van der Waals surface area contributed by atoms with E-state index in [1.165, 1.54) is 0 Å². The summed E-state index contributed by atoms with van der Waals surface area (Å²) < 4.78 is 7.49. The van der Waals surface area contributed by atoms with Crippen LogP contribution in [0.1, 0.15) is 54.7 Å². The number of carbonyl (C=O) groups excluding carboxylic acids is 1. The van der Waals surface area contributed by atoms with Crippen molar-refractivity contribution >= 4 is 5.91 Å². The van der Waals surface area contributed by atoms with Crippen LogP contribution in [0.2, 0.25) is 0 Å². The first kappa shape index (κ1) is 17.7. The number of nitrogens with zero attached hydrogens (tertiary/aromatic N) is 3. The highest BCUT2D eigenvalue weighted by Crippen LogP contribution is 2.19. The van der Waals surface area contributed by atoms with E-state index in [0.717, 1.165) is 43.9 Å². The van der Waals surface area contributed by atoms with Crippen LogP contribution in [-0.4, -0.2) is 40.0 Å². The van der Waals surface area contributed by atoms with Crippen molar-refractivity contribution in [3.8, 4) is 0 Å². The number of furan rings is 1. The predicted molar refractivity (Wildman–Crippen MR) is 96.4 cm³/mol. The van der Waals surface area contributed by atoms with Gasteiger partial charge >= 0.3 is 0 Å². The minimum absolute atomic E-state index is 0.116. The number of imidazole rings is 1. The molecule has 3 rings (SSSR count). The van der Waals surface area contributed by atoms with Gasteiger partial charge in [-0.05, 0) is 52.1 Å². The molecule has 0 aromatic carbocycles. The molecule has 1 atom stereocenters. The monoisotopic (exact) mass is 344 g/mol.